The Morgan fingerprint density at radius 1 is 1.03 bits per heavy atom. The third kappa shape index (κ3) is 3.20. The molecule has 0 radical (unpaired) electrons. The van der Waals surface area contributed by atoms with Gasteiger partial charge in [0.25, 0.3) is 0 Å². The van der Waals surface area contributed by atoms with E-state index in [9.17, 15) is 9.59 Å². The Kier molecular flexibility index (Phi) is 5.05. The van der Waals surface area contributed by atoms with Crippen LogP contribution in [0.4, 0.5) is 0 Å². The number of hydrogen-bond acceptors (Lipinski definition) is 4. The monoisotopic (exact) mass is 407 g/mol. The second-order valence-electron chi connectivity index (χ2n) is 8.96. The minimum atomic E-state index is -0.214. The lowest BCUT2D eigenvalue weighted by molar-refractivity contribution is -0.186. The zero-order valence-corrected chi connectivity index (χ0v) is 17.3. The molecule has 0 N–H and O–H groups in total. The summed E-state index contributed by atoms with van der Waals surface area (Å²) in [5, 5.41) is 0. The molecule has 2 saturated heterocycles. The smallest absolute Gasteiger partial charge is 0.242 e. The van der Waals surface area contributed by atoms with Gasteiger partial charge in [0, 0.05) is 43.9 Å². The molecule has 7 nitrogen and oxygen atoms in total. The van der Waals surface area contributed by atoms with Gasteiger partial charge in [-0.25, -0.2) is 4.98 Å². The number of amides is 2. The van der Waals surface area contributed by atoms with Gasteiger partial charge >= 0.3 is 0 Å². The topological polar surface area (TPSA) is 71.3 Å². The van der Waals surface area contributed by atoms with Gasteiger partial charge < -0.3 is 14.4 Å². The Balaban J connectivity index is 1.29. The van der Waals surface area contributed by atoms with Crippen molar-refractivity contribution in [2.45, 2.75) is 63.6 Å². The standard InChI is InChI=1S/C23H29N5O2/c29-20(16-26-15-12-25-17-26)27-13-6-19(7-14-27)28-21(18-4-10-24-11-5-18)23(22(28)30)8-2-1-3-9-23/h4-5,10-12,15,17,19,21H,1-3,6-9,13-14,16H2. The maximum Gasteiger partial charge on any atom is 0.242 e. The number of pyridine rings is 1. The van der Waals surface area contributed by atoms with Crippen molar-refractivity contribution in [1.29, 1.82) is 0 Å². The number of aromatic nitrogens is 3. The first-order chi connectivity index (χ1) is 14.7. The SMILES string of the molecule is O=C(Cn1ccnc1)N1CCC(N2C(=O)C3(CCCCC3)C2c2ccncc2)CC1. The molecule has 158 valence electrons. The quantitative estimate of drug-likeness (QED) is 0.731. The molecule has 5 rings (SSSR count). The summed E-state index contributed by atoms with van der Waals surface area (Å²) >= 11 is 0. The third-order valence-electron chi connectivity index (χ3n) is 7.32. The average Bonchev–Trinajstić information content (AvgIpc) is 3.31. The summed E-state index contributed by atoms with van der Waals surface area (Å²) in [6.07, 6.45) is 16.1. The number of carbonyl (C=O) groups excluding carboxylic acids is 2. The number of rotatable bonds is 4. The summed E-state index contributed by atoms with van der Waals surface area (Å²) in [6.45, 7) is 1.74. The number of β-lactam (4-membered cyclic amide) rings is 1. The van der Waals surface area contributed by atoms with Crippen molar-refractivity contribution in [2.75, 3.05) is 13.1 Å². The number of piperidine rings is 1. The van der Waals surface area contributed by atoms with Crippen LogP contribution in [-0.2, 0) is 16.1 Å². The predicted octanol–water partition coefficient (Wildman–Crippen LogP) is 2.80. The lowest BCUT2D eigenvalue weighted by Gasteiger charge is -2.61. The molecule has 3 fully saturated rings. The Morgan fingerprint density at radius 3 is 2.43 bits per heavy atom. The molecule has 0 aromatic carbocycles. The summed E-state index contributed by atoms with van der Waals surface area (Å²) in [5.41, 5.74) is 0.999. The van der Waals surface area contributed by atoms with Gasteiger partial charge in [-0.2, -0.15) is 0 Å². The van der Waals surface area contributed by atoms with Crippen molar-refractivity contribution >= 4 is 11.8 Å². The van der Waals surface area contributed by atoms with Gasteiger partial charge in [0.15, 0.2) is 0 Å². The van der Waals surface area contributed by atoms with Crippen molar-refractivity contribution in [3.8, 4) is 0 Å². The highest BCUT2D eigenvalue weighted by atomic mass is 16.2. The van der Waals surface area contributed by atoms with E-state index in [0.29, 0.717) is 25.5 Å². The molecule has 7 heteroatoms. The van der Waals surface area contributed by atoms with Gasteiger partial charge in [0.2, 0.25) is 11.8 Å². The lowest BCUT2D eigenvalue weighted by atomic mass is 9.59. The van der Waals surface area contributed by atoms with Crippen molar-refractivity contribution in [3.05, 3.63) is 48.8 Å². The van der Waals surface area contributed by atoms with Gasteiger partial charge in [-0.3, -0.25) is 14.6 Å². The van der Waals surface area contributed by atoms with Crippen LogP contribution < -0.4 is 0 Å². The van der Waals surface area contributed by atoms with Crippen molar-refractivity contribution < 1.29 is 9.59 Å². The van der Waals surface area contributed by atoms with Crippen molar-refractivity contribution in [1.82, 2.24) is 24.3 Å². The lowest BCUT2D eigenvalue weighted by Crippen LogP contribution is -2.67. The zero-order chi connectivity index (χ0) is 20.6. The molecule has 2 aliphatic heterocycles. The minimum Gasteiger partial charge on any atom is -0.341 e. The van der Waals surface area contributed by atoms with Crippen LogP contribution in [-0.4, -0.2) is 55.3 Å². The van der Waals surface area contributed by atoms with Gasteiger partial charge in [-0.15, -0.1) is 0 Å². The van der Waals surface area contributed by atoms with E-state index >= 15 is 0 Å². The Hall–Kier alpha value is -2.70. The maximum absolute atomic E-state index is 13.5. The van der Waals surface area contributed by atoms with Crippen molar-refractivity contribution in [2.24, 2.45) is 5.41 Å². The van der Waals surface area contributed by atoms with E-state index in [4.69, 9.17) is 0 Å². The summed E-state index contributed by atoms with van der Waals surface area (Å²) in [6, 6.07) is 4.51. The summed E-state index contributed by atoms with van der Waals surface area (Å²) < 4.78 is 1.81. The molecule has 2 amide bonds. The summed E-state index contributed by atoms with van der Waals surface area (Å²) in [4.78, 5) is 38.3. The van der Waals surface area contributed by atoms with E-state index in [1.807, 2.05) is 23.5 Å². The van der Waals surface area contributed by atoms with Crippen molar-refractivity contribution in [3.63, 3.8) is 0 Å². The molecule has 1 atom stereocenters. The molecule has 0 bridgehead atoms. The van der Waals surface area contributed by atoms with E-state index in [1.54, 1.807) is 17.1 Å². The second kappa shape index (κ2) is 7.85. The maximum atomic E-state index is 13.5. The van der Waals surface area contributed by atoms with Crippen LogP contribution in [0.15, 0.2) is 43.2 Å². The first-order valence-corrected chi connectivity index (χ1v) is 11.2. The largest absolute Gasteiger partial charge is 0.341 e. The molecular formula is C23H29N5O2. The third-order valence-corrected chi connectivity index (χ3v) is 7.32. The molecule has 30 heavy (non-hydrogen) atoms. The molecular weight excluding hydrogens is 378 g/mol. The average molecular weight is 408 g/mol. The number of hydrogen-bond donors (Lipinski definition) is 0. The van der Waals surface area contributed by atoms with Crippen LogP contribution in [0.3, 0.4) is 0 Å². The number of likely N-dealkylation sites (tertiary alicyclic amines) is 2. The van der Waals surface area contributed by atoms with Crippen LogP contribution in [0.2, 0.25) is 0 Å². The van der Waals surface area contributed by atoms with E-state index < -0.39 is 0 Å². The molecule has 4 heterocycles. The highest BCUT2D eigenvalue weighted by Gasteiger charge is 2.62. The minimum absolute atomic E-state index is 0.121. The number of imidazole rings is 1. The molecule has 2 aromatic rings. The molecule has 2 aromatic heterocycles. The Bertz CT molecular complexity index is 884. The predicted molar refractivity (Wildman–Crippen MR) is 111 cm³/mol. The van der Waals surface area contributed by atoms with Crippen LogP contribution >= 0.6 is 0 Å². The van der Waals surface area contributed by atoms with Crippen LogP contribution in [0.5, 0.6) is 0 Å². The van der Waals surface area contributed by atoms with E-state index in [1.165, 1.54) is 12.0 Å². The second-order valence-corrected chi connectivity index (χ2v) is 8.96. The normalized spacial score (nSPS) is 24.1. The molecule has 1 aliphatic carbocycles. The molecule has 3 aliphatic rings. The van der Waals surface area contributed by atoms with Crippen LogP contribution in [0, 0.1) is 5.41 Å². The van der Waals surface area contributed by atoms with Gasteiger partial charge in [0.1, 0.15) is 6.54 Å². The zero-order valence-electron chi connectivity index (χ0n) is 17.3. The van der Waals surface area contributed by atoms with E-state index in [0.717, 1.165) is 38.5 Å². The van der Waals surface area contributed by atoms with E-state index in [2.05, 4.69) is 27.0 Å². The number of carbonyl (C=O) groups is 2. The highest BCUT2D eigenvalue weighted by Crippen LogP contribution is 2.59. The first-order valence-electron chi connectivity index (χ1n) is 11.2. The fourth-order valence-corrected chi connectivity index (χ4v) is 5.79. The summed E-state index contributed by atoms with van der Waals surface area (Å²) in [5.74, 6) is 0.461. The van der Waals surface area contributed by atoms with Crippen LogP contribution in [0.25, 0.3) is 0 Å². The van der Waals surface area contributed by atoms with Gasteiger partial charge in [-0.05, 0) is 43.4 Å². The fourth-order valence-electron chi connectivity index (χ4n) is 5.79. The Morgan fingerprint density at radius 2 is 1.77 bits per heavy atom. The van der Waals surface area contributed by atoms with Crippen LogP contribution in [0.1, 0.15) is 56.6 Å². The molecule has 1 unspecified atom stereocenters. The first kappa shape index (κ1) is 19.3. The molecule has 1 spiro atoms. The van der Waals surface area contributed by atoms with Gasteiger partial charge in [0.05, 0.1) is 17.8 Å². The number of nitrogens with zero attached hydrogens (tertiary/aromatic N) is 5. The highest BCUT2D eigenvalue weighted by molar-refractivity contribution is 5.91. The Labute approximate surface area is 177 Å². The summed E-state index contributed by atoms with van der Waals surface area (Å²) in [7, 11) is 0. The fraction of sp³-hybridized carbons (Fsp3) is 0.565. The molecule has 1 saturated carbocycles. The van der Waals surface area contributed by atoms with Gasteiger partial charge in [-0.1, -0.05) is 19.3 Å². The van der Waals surface area contributed by atoms with E-state index in [-0.39, 0.29) is 23.4 Å².